The van der Waals surface area contributed by atoms with Gasteiger partial charge in [-0.15, -0.1) is 0 Å². The van der Waals surface area contributed by atoms with Crippen LogP contribution < -0.4 is 16.8 Å². The first-order chi connectivity index (χ1) is 18.5. The second-order valence-electron chi connectivity index (χ2n) is 9.19. The number of unbranched alkanes of at least 4 members (excludes halogenated alkanes) is 1. The van der Waals surface area contributed by atoms with Gasteiger partial charge in [-0.05, 0) is 60.7 Å². The van der Waals surface area contributed by atoms with Gasteiger partial charge in [0.05, 0.1) is 11.4 Å². The predicted octanol–water partition coefficient (Wildman–Crippen LogP) is 1.12. The summed E-state index contributed by atoms with van der Waals surface area (Å²) in [6.07, 6.45) is 0.936. The molecule has 1 fully saturated rings. The number of hydrogen-bond acceptors (Lipinski definition) is 6. The van der Waals surface area contributed by atoms with E-state index in [9.17, 15) is 27.9 Å². The van der Waals surface area contributed by atoms with Crippen LogP contribution in [0.15, 0.2) is 46.3 Å². The van der Waals surface area contributed by atoms with Gasteiger partial charge in [0.1, 0.15) is 6.04 Å². The van der Waals surface area contributed by atoms with Crippen LogP contribution in [0.3, 0.4) is 0 Å². The van der Waals surface area contributed by atoms with E-state index < -0.39 is 40.3 Å². The van der Waals surface area contributed by atoms with E-state index in [1.54, 1.807) is 24.3 Å². The first-order valence-electron chi connectivity index (χ1n) is 12.5. The highest BCUT2D eigenvalue weighted by Crippen LogP contribution is 2.28. The molecule has 0 aliphatic carbocycles. The molecule has 0 saturated carbocycles. The predicted molar refractivity (Wildman–Crippen MR) is 148 cm³/mol. The Morgan fingerprint density at radius 3 is 2.54 bits per heavy atom. The standard InChI is InChI=1S/C25H33ClN6O6S/c26-19-6-4-18-15-20(7-5-17(18)14-19)39(37,38)32-13-3-12-31(24(36)21(32)8-9-23(34)35)16-22(33)29-10-1-2-11-30-25(27)28/h4-7,14-15,21H,1-3,8-13,16H2,(H,29,33)(H,34,35)(H4,27,28,30). The van der Waals surface area contributed by atoms with Crippen molar-refractivity contribution in [3.8, 4) is 0 Å². The number of fused-ring (bicyclic) bond motifs is 1. The molecule has 1 aliphatic rings. The molecule has 2 aromatic rings. The number of nitrogens with zero attached hydrogens (tertiary/aromatic N) is 3. The zero-order valence-corrected chi connectivity index (χ0v) is 23.0. The monoisotopic (exact) mass is 580 g/mol. The molecule has 2 aromatic carbocycles. The van der Waals surface area contributed by atoms with E-state index in [1.807, 2.05) is 0 Å². The average molecular weight is 581 g/mol. The average Bonchev–Trinajstić information content (AvgIpc) is 3.03. The molecule has 0 spiro atoms. The van der Waals surface area contributed by atoms with Crippen molar-refractivity contribution in [1.29, 1.82) is 0 Å². The van der Waals surface area contributed by atoms with Crippen LogP contribution in [-0.4, -0.2) is 85.2 Å². The van der Waals surface area contributed by atoms with Gasteiger partial charge >= 0.3 is 5.97 Å². The number of carbonyl (C=O) groups is 3. The molecule has 39 heavy (non-hydrogen) atoms. The van der Waals surface area contributed by atoms with Crippen LogP contribution in [0.25, 0.3) is 10.8 Å². The molecule has 1 aliphatic heterocycles. The number of carboxylic acids is 1. The number of hydrogen-bond donors (Lipinski definition) is 4. The number of aliphatic imine (C=N–C) groups is 1. The van der Waals surface area contributed by atoms with E-state index in [1.165, 1.54) is 17.0 Å². The number of guanidine groups is 1. The topological polar surface area (TPSA) is 188 Å². The van der Waals surface area contributed by atoms with Crippen LogP contribution in [-0.2, 0) is 24.4 Å². The van der Waals surface area contributed by atoms with Crippen molar-refractivity contribution in [1.82, 2.24) is 14.5 Å². The summed E-state index contributed by atoms with van der Waals surface area (Å²) in [6, 6.07) is 8.38. The van der Waals surface area contributed by atoms with Gasteiger partial charge in [0.25, 0.3) is 0 Å². The van der Waals surface area contributed by atoms with Gasteiger partial charge in [0.2, 0.25) is 21.8 Å². The smallest absolute Gasteiger partial charge is 0.303 e. The number of aliphatic carboxylic acids is 1. The van der Waals surface area contributed by atoms with E-state index in [-0.39, 0.29) is 43.3 Å². The Balaban J connectivity index is 1.76. The number of halogens is 1. The third kappa shape index (κ3) is 8.28. The van der Waals surface area contributed by atoms with Crippen molar-refractivity contribution < 1.29 is 27.9 Å². The van der Waals surface area contributed by atoms with Gasteiger partial charge in [-0.2, -0.15) is 4.31 Å². The fourth-order valence-electron chi connectivity index (χ4n) is 4.38. The number of amides is 2. The Bertz CT molecular complexity index is 1350. The fraction of sp³-hybridized carbons (Fsp3) is 0.440. The summed E-state index contributed by atoms with van der Waals surface area (Å²) in [5.41, 5.74) is 10.5. The number of carboxylic acid groups (broad SMARTS) is 1. The molecule has 212 valence electrons. The Kier molecular flexibility index (Phi) is 10.5. The molecular formula is C25H33ClN6O6S. The molecule has 14 heteroatoms. The second kappa shape index (κ2) is 13.6. The molecule has 1 saturated heterocycles. The highest BCUT2D eigenvalue weighted by molar-refractivity contribution is 7.89. The highest BCUT2D eigenvalue weighted by atomic mass is 35.5. The molecule has 6 N–H and O–H groups in total. The van der Waals surface area contributed by atoms with Crippen molar-refractivity contribution in [2.45, 2.75) is 43.0 Å². The Morgan fingerprint density at radius 2 is 1.82 bits per heavy atom. The van der Waals surface area contributed by atoms with E-state index in [0.717, 1.165) is 9.69 Å². The lowest BCUT2D eigenvalue weighted by Gasteiger charge is -2.30. The quantitative estimate of drug-likeness (QED) is 0.163. The van der Waals surface area contributed by atoms with Crippen LogP contribution in [0.5, 0.6) is 0 Å². The van der Waals surface area contributed by atoms with Crippen LogP contribution in [0, 0.1) is 0 Å². The van der Waals surface area contributed by atoms with Gasteiger partial charge in [-0.3, -0.25) is 19.4 Å². The van der Waals surface area contributed by atoms with Gasteiger partial charge < -0.3 is 26.8 Å². The minimum Gasteiger partial charge on any atom is -0.481 e. The number of nitrogens with two attached hydrogens (primary N) is 2. The Morgan fingerprint density at radius 1 is 1.10 bits per heavy atom. The van der Waals surface area contributed by atoms with E-state index in [2.05, 4.69) is 10.3 Å². The van der Waals surface area contributed by atoms with Gasteiger partial charge in [-0.25, -0.2) is 8.42 Å². The Labute approximate surface area is 232 Å². The lowest BCUT2D eigenvalue weighted by Crippen LogP contribution is -2.50. The van der Waals surface area contributed by atoms with E-state index >= 15 is 0 Å². The van der Waals surface area contributed by atoms with Gasteiger partial charge in [0, 0.05) is 37.6 Å². The minimum atomic E-state index is -4.17. The fourth-order valence-corrected chi connectivity index (χ4v) is 6.25. The van der Waals surface area contributed by atoms with Crippen LogP contribution in [0.4, 0.5) is 0 Å². The van der Waals surface area contributed by atoms with Crippen molar-refractivity contribution in [3.05, 3.63) is 41.4 Å². The summed E-state index contributed by atoms with van der Waals surface area (Å²) in [5, 5.41) is 13.9. The van der Waals surface area contributed by atoms with E-state index in [4.69, 9.17) is 23.1 Å². The molecule has 12 nitrogen and oxygen atoms in total. The summed E-state index contributed by atoms with van der Waals surface area (Å²) in [4.78, 5) is 42.5. The number of rotatable bonds is 12. The third-order valence-corrected chi connectivity index (χ3v) is 8.44. The molecule has 3 rings (SSSR count). The summed E-state index contributed by atoms with van der Waals surface area (Å²) in [6.45, 7) is 0.684. The molecule has 1 unspecified atom stereocenters. The molecule has 0 aromatic heterocycles. The largest absolute Gasteiger partial charge is 0.481 e. The number of carbonyl (C=O) groups excluding carboxylic acids is 2. The second-order valence-corrected chi connectivity index (χ2v) is 11.5. The number of sulfonamides is 1. The molecule has 0 radical (unpaired) electrons. The summed E-state index contributed by atoms with van der Waals surface area (Å²) in [7, 11) is -4.17. The highest BCUT2D eigenvalue weighted by Gasteiger charge is 2.40. The normalized spacial score (nSPS) is 16.6. The Hall–Kier alpha value is -3.42. The molecule has 1 atom stereocenters. The van der Waals surface area contributed by atoms with Crippen molar-refractivity contribution in [2.75, 3.05) is 32.7 Å². The first-order valence-corrected chi connectivity index (χ1v) is 14.3. The molecule has 2 amide bonds. The van der Waals surface area contributed by atoms with Crippen molar-refractivity contribution in [3.63, 3.8) is 0 Å². The first kappa shape index (κ1) is 30.1. The molecule has 0 bridgehead atoms. The number of benzene rings is 2. The van der Waals surface area contributed by atoms with Crippen molar-refractivity contribution >= 4 is 56.1 Å². The van der Waals surface area contributed by atoms with Crippen LogP contribution in [0.1, 0.15) is 32.1 Å². The van der Waals surface area contributed by atoms with Gasteiger partial charge in [-0.1, -0.05) is 23.7 Å². The minimum absolute atomic E-state index is 0.0000747. The summed E-state index contributed by atoms with van der Waals surface area (Å²) in [5.74, 6) is -2.16. The summed E-state index contributed by atoms with van der Waals surface area (Å²) < 4.78 is 28.5. The maximum absolute atomic E-state index is 13.7. The van der Waals surface area contributed by atoms with Gasteiger partial charge in [0.15, 0.2) is 5.96 Å². The van der Waals surface area contributed by atoms with Crippen molar-refractivity contribution in [2.24, 2.45) is 16.5 Å². The van der Waals surface area contributed by atoms with Crippen LogP contribution in [0.2, 0.25) is 5.02 Å². The zero-order valence-electron chi connectivity index (χ0n) is 21.4. The number of nitrogens with one attached hydrogen (secondary N) is 1. The summed E-state index contributed by atoms with van der Waals surface area (Å²) >= 11 is 6.03. The maximum atomic E-state index is 13.7. The molecular weight excluding hydrogens is 548 g/mol. The SMILES string of the molecule is NC(N)=NCCCCNC(=O)CN1CCCN(S(=O)(=O)c2ccc3cc(Cl)ccc3c2)C(CCC(=O)O)C1=O. The lowest BCUT2D eigenvalue weighted by atomic mass is 10.1. The molecule has 1 heterocycles. The van der Waals surface area contributed by atoms with Crippen LogP contribution >= 0.6 is 11.6 Å². The lowest BCUT2D eigenvalue weighted by molar-refractivity contribution is -0.140. The van der Waals surface area contributed by atoms with E-state index in [0.29, 0.717) is 36.3 Å². The maximum Gasteiger partial charge on any atom is 0.303 e. The zero-order chi connectivity index (χ0) is 28.6. The third-order valence-electron chi connectivity index (χ3n) is 6.30.